The third-order valence-corrected chi connectivity index (χ3v) is 6.41. The van der Waals surface area contributed by atoms with E-state index in [0.717, 1.165) is 22.0 Å². The van der Waals surface area contributed by atoms with Crippen molar-refractivity contribution >= 4 is 67.0 Å². The van der Waals surface area contributed by atoms with E-state index in [0.29, 0.717) is 32.0 Å². The van der Waals surface area contributed by atoms with Gasteiger partial charge in [0, 0.05) is 5.02 Å². The summed E-state index contributed by atoms with van der Waals surface area (Å²) in [4.78, 5) is 36.4. The Morgan fingerprint density at radius 3 is 2.90 bits per heavy atom. The minimum atomic E-state index is -0.327. The minimum absolute atomic E-state index is 0.0652. The molecular formula is C20H13ClN6O2S2. The van der Waals surface area contributed by atoms with E-state index < -0.39 is 0 Å². The predicted octanol–water partition coefficient (Wildman–Crippen LogP) is 4.10. The number of anilines is 1. The summed E-state index contributed by atoms with van der Waals surface area (Å²) in [7, 11) is 0. The van der Waals surface area contributed by atoms with Crippen LogP contribution in [0.3, 0.4) is 0 Å². The van der Waals surface area contributed by atoms with Crippen LogP contribution in [0.2, 0.25) is 5.02 Å². The molecule has 31 heavy (non-hydrogen) atoms. The zero-order valence-corrected chi connectivity index (χ0v) is 18.1. The third kappa shape index (κ3) is 4.05. The zero-order valence-electron chi connectivity index (χ0n) is 15.7. The van der Waals surface area contributed by atoms with Crippen molar-refractivity contribution in [2.24, 2.45) is 0 Å². The van der Waals surface area contributed by atoms with E-state index >= 15 is 0 Å². The number of thioether (sulfide) groups is 1. The van der Waals surface area contributed by atoms with Gasteiger partial charge in [0.1, 0.15) is 5.39 Å². The average molecular weight is 469 g/mol. The largest absolute Gasteiger partial charge is 0.301 e. The van der Waals surface area contributed by atoms with Crippen LogP contribution >= 0.6 is 34.7 Å². The number of hydrogen-bond donors (Lipinski definition) is 2. The molecule has 0 aliphatic carbocycles. The summed E-state index contributed by atoms with van der Waals surface area (Å²) in [5.41, 5.74) is 1.58. The number of H-pyrrole nitrogens is 1. The van der Waals surface area contributed by atoms with E-state index in [2.05, 4.69) is 25.4 Å². The number of para-hydroxylation sites is 1. The topological polar surface area (TPSA) is 106 Å². The van der Waals surface area contributed by atoms with Crippen LogP contribution in [-0.4, -0.2) is 36.4 Å². The van der Waals surface area contributed by atoms with Gasteiger partial charge in [0.25, 0.3) is 5.56 Å². The lowest BCUT2D eigenvalue weighted by Gasteiger charge is -2.05. The summed E-state index contributed by atoms with van der Waals surface area (Å²) in [5, 5.41) is 8.80. The molecule has 0 spiro atoms. The molecule has 154 valence electrons. The highest BCUT2D eigenvalue weighted by Crippen LogP contribution is 2.26. The number of nitrogens with zero attached hydrogens (tertiary/aromatic N) is 4. The molecule has 0 aliphatic rings. The summed E-state index contributed by atoms with van der Waals surface area (Å²) in [6.07, 6.45) is 1.45. The number of benzene rings is 2. The first-order chi connectivity index (χ1) is 15.1. The van der Waals surface area contributed by atoms with Crippen molar-refractivity contribution in [1.29, 1.82) is 0 Å². The zero-order chi connectivity index (χ0) is 21.4. The molecule has 0 saturated heterocycles. The van der Waals surface area contributed by atoms with Gasteiger partial charge in [0.2, 0.25) is 5.91 Å². The molecule has 8 nitrogen and oxygen atoms in total. The van der Waals surface area contributed by atoms with Crippen molar-refractivity contribution < 1.29 is 4.79 Å². The van der Waals surface area contributed by atoms with E-state index in [1.807, 2.05) is 30.3 Å². The Bertz CT molecular complexity index is 1460. The fourth-order valence-electron chi connectivity index (χ4n) is 2.98. The van der Waals surface area contributed by atoms with Crippen LogP contribution in [0.5, 0.6) is 0 Å². The van der Waals surface area contributed by atoms with Gasteiger partial charge in [-0.3, -0.25) is 9.59 Å². The molecule has 0 saturated carbocycles. The number of carbonyl (C=O) groups is 1. The number of aromatic nitrogens is 5. The van der Waals surface area contributed by atoms with E-state index in [4.69, 9.17) is 11.6 Å². The molecule has 3 heterocycles. The molecule has 11 heteroatoms. The second-order valence-corrected chi connectivity index (χ2v) is 8.90. The van der Waals surface area contributed by atoms with E-state index in [9.17, 15) is 9.59 Å². The lowest BCUT2D eigenvalue weighted by molar-refractivity contribution is -0.113. The van der Waals surface area contributed by atoms with Crippen LogP contribution in [0, 0.1) is 0 Å². The Morgan fingerprint density at radius 1 is 1.19 bits per heavy atom. The number of aromatic amines is 1. The van der Waals surface area contributed by atoms with Crippen LogP contribution in [-0.2, 0) is 4.79 Å². The van der Waals surface area contributed by atoms with E-state index in [-0.39, 0.29) is 17.2 Å². The number of fused-ring (bicyclic) bond motifs is 2. The van der Waals surface area contributed by atoms with Crippen LogP contribution < -0.4 is 10.9 Å². The fraction of sp³-hybridized carbons (Fsp3) is 0.0500. The molecule has 2 aromatic carbocycles. The van der Waals surface area contributed by atoms with Crippen LogP contribution in [0.25, 0.3) is 26.9 Å². The maximum absolute atomic E-state index is 12.4. The molecule has 0 bridgehead atoms. The normalized spacial score (nSPS) is 11.3. The van der Waals surface area contributed by atoms with Gasteiger partial charge in [-0.1, -0.05) is 52.9 Å². The van der Waals surface area contributed by atoms with Crippen molar-refractivity contribution in [3.05, 3.63) is 70.1 Å². The molecule has 3 aromatic heterocycles. The number of hydrogen-bond acceptors (Lipinski definition) is 7. The molecule has 0 radical (unpaired) electrons. The standard InChI is InChI=1S/C20H13ClN6O2S2/c21-11-4-3-5-12(8-11)27-17-13(9-22-27)18(29)26-19(25-17)30-10-16(28)24-20-23-14-6-1-2-7-15(14)31-20/h1-9H,10H2,(H,23,24,28)(H,25,26,29). The third-order valence-electron chi connectivity index (χ3n) is 4.35. The Balaban J connectivity index is 1.36. The predicted molar refractivity (Wildman–Crippen MR) is 123 cm³/mol. The van der Waals surface area contributed by atoms with Gasteiger partial charge in [0.05, 0.1) is 27.9 Å². The van der Waals surface area contributed by atoms with Gasteiger partial charge in [-0.15, -0.1) is 0 Å². The SMILES string of the molecule is O=C(CSc1nc2c(cnn2-c2cccc(Cl)c2)c(=O)[nH]1)Nc1nc2ccccc2s1. The summed E-state index contributed by atoms with van der Waals surface area (Å²) in [6, 6.07) is 14.8. The summed E-state index contributed by atoms with van der Waals surface area (Å²) >= 11 is 8.60. The van der Waals surface area contributed by atoms with Crippen LogP contribution in [0.4, 0.5) is 5.13 Å². The molecule has 5 rings (SSSR count). The van der Waals surface area contributed by atoms with Gasteiger partial charge in [0.15, 0.2) is 15.9 Å². The molecule has 0 aliphatic heterocycles. The molecule has 2 N–H and O–H groups in total. The Kier molecular flexibility index (Phi) is 5.18. The van der Waals surface area contributed by atoms with Crippen LogP contribution in [0.15, 0.2) is 64.7 Å². The number of nitrogens with one attached hydrogen (secondary N) is 2. The highest BCUT2D eigenvalue weighted by atomic mass is 35.5. The molecule has 0 atom stereocenters. The van der Waals surface area contributed by atoms with Gasteiger partial charge in [-0.25, -0.2) is 14.6 Å². The van der Waals surface area contributed by atoms with Crippen molar-refractivity contribution in [2.45, 2.75) is 5.16 Å². The van der Waals surface area contributed by atoms with Gasteiger partial charge in [-0.2, -0.15) is 5.10 Å². The maximum Gasteiger partial charge on any atom is 0.262 e. The quantitative estimate of drug-likeness (QED) is 0.297. The first-order valence-electron chi connectivity index (χ1n) is 9.09. The molecule has 5 aromatic rings. The monoisotopic (exact) mass is 468 g/mol. The Labute approximate surface area is 188 Å². The second-order valence-electron chi connectivity index (χ2n) is 6.47. The highest BCUT2D eigenvalue weighted by Gasteiger charge is 2.14. The minimum Gasteiger partial charge on any atom is -0.301 e. The molecule has 0 fully saturated rings. The van der Waals surface area contributed by atoms with Crippen molar-refractivity contribution in [2.75, 3.05) is 11.1 Å². The smallest absolute Gasteiger partial charge is 0.262 e. The van der Waals surface area contributed by atoms with Gasteiger partial charge in [-0.05, 0) is 30.3 Å². The number of halogens is 1. The number of carbonyl (C=O) groups excluding carboxylic acids is 1. The molecule has 1 amide bonds. The van der Waals surface area contributed by atoms with Crippen LogP contribution in [0.1, 0.15) is 0 Å². The van der Waals surface area contributed by atoms with Crippen molar-refractivity contribution in [3.63, 3.8) is 0 Å². The lowest BCUT2D eigenvalue weighted by Crippen LogP contribution is -2.15. The average Bonchev–Trinajstić information content (AvgIpc) is 3.36. The Hall–Kier alpha value is -3.21. The lowest BCUT2D eigenvalue weighted by atomic mass is 10.3. The first-order valence-corrected chi connectivity index (χ1v) is 11.3. The fourth-order valence-corrected chi connectivity index (χ4v) is 4.70. The van der Waals surface area contributed by atoms with Gasteiger partial charge < -0.3 is 10.3 Å². The number of amides is 1. The highest BCUT2D eigenvalue weighted by molar-refractivity contribution is 7.99. The van der Waals surface area contributed by atoms with Gasteiger partial charge >= 0.3 is 0 Å². The molecular weight excluding hydrogens is 456 g/mol. The summed E-state index contributed by atoms with van der Waals surface area (Å²) in [6.45, 7) is 0. The number of thiazole rings is 1. The van der Waals surface area contributed by atoms with E-state index in [1.165, 1.54) is 17.5 Å². The second kappa shape index (κ2) is 8.14. The maximum atomic E-state index is 12.4. The first kappa shape index (κ1) is 19.7. The number of rotatable bonds is 5. The molecule has 0 unspecified atom stereocenters. The summed E-state index contributed by atoms with van der Waals surface area (Å²) < 4.78 is 2.54. The van der Waals surface area contributed by atoms with Crippen molar-refractivity contribution in [3.8, 4) is 5.69 Å². The summed E-state index contributed by atoms with van der Waals surface area (Å²) in [5.74, 6) is -0.175. The Morgan fingerprint density at radius 2 is 2.06 bits per heavy atom. The van der Waals surface area contributed by atoms with E-state index in [1.54, 1.807) is 22.9 Å². The van der Waals surface area contributed by atoms with Crippen molar-refractivity contribution in [1.82, 2.24) is 24.7 Å².